The Morgan fingerprint density at radius 1 is 1.16 bits per heavy atom. The number of phenolic OH excluding ortho intramolecular Hbond substituents is 1. The maximum absolute atomic E-state index is 9.49. The summed E-state index contributed by atoms with van der Waals surface area (Å²) in [5.41, 5.74) is 15.1. The molecule has 96 valence electrons. The smallest absolute Gasteiger partial charge is 0.124 e. The monoisotopic (exact) mass is 271 g/mol. The third kappa shape index (κ3) is 2.14. The average Bonchev–Trinajstić information content (AvgIpc) is 2.81. The van der Waals surface area contributed by atoms with Crippen LogP contribution in [0.1, 0.15) is 5.56 Å². The highest BCUT2D eigenvalue weighted by molar-refractivity contribution is 7.21. The second kappa shape index (κ2) is 4.53. The van der Waals surface area contributed by atoms with Gasteiger partial charge < -0.3 is 16.6 Å². The number of rotatable bonds is 2. The largest absolute Gasteiger partial charge is 0.508 e. The van der Waals surface area contributed by atoms with Crippen molar-refractivity contribution in [3.05, 3.63) is 42.0 Å². The number of thiazole rings is 1. The number of nitrogens with two attached hydrogens (primary N) is 2. The summed E-state index contributed by atoms with van der Waals surface area (Å²) in [7, 11) is 0. The molecule has 0 radical (unpaired) electrons. The fourth-order valence-corrected chi connectivity index (χ4v) is 3.08. The van der Waals surface area contributed by atoms with E-state index < -0.39 is 0 Å². The lowest BCUT2D eigenvalue weighted by Crippen LogP contribution is -2.00. The Hall–Kier alpha value is -2.11. The molecule has 1 heterocycles. The lowest BCUT2D eigenvalue weighted by atomic mass is 10.1. The third-order valence-corrected chi connectivity index (χ3v) is 4.00. The van der Waals surface area contributed by atoms with Crippen LogP contribution in [0.25, 0.3) is 20.8 Å². The number of aromatic nitrogens is 1. The molecule has 2 aromatic carbocycles. The van der Waals surface area contributed by atoms with Crippen molar-refractivity contribution < 1.29 is 5.11 Å². The van der Waals surface area contributed by atoms with Crippen molar-refractivity contribution in [2.45, 2.75) is 6.54 Å². The van der Waals surface area contributed by atoms with E-state index in [0.29, 0.717) is 12.2 Å². The highest BCUT2D eigenvalue weighted by atomic mass is 32.1. The van der Waals surface area contributed by atoms with Crippen LogP contribution in [-0.4, -0.2) is 10.1 Å². The Balaban J connectivity index is 2.18. The molecule has 0 aliphatic heterocycles. The lowest BCUT2D eigenvalue weighted by Gasteiger charge is -2.05. The number of aromatic hydroxyl groups is 1. The number of phenols is 1. The number of benzene rings is 2. The minimum Gasteiger partial charge on any atom is -0.508 e. The van der Waals surface area contributed by atoms with Crippen LogP contribution in [0.5, 0.6) is 5.75 Å². The number of nitrogen functional groups attached to an aromatic ring is 1. The Labute approximate surface area is 114 Å². The van der Waals surface area contributed by atoms with Gasteiger partial charge in [0.05, 0.1) is 10.2 Å². The molecule has 0 bridgehead atoms. The Morgan fingerprint density at radius 2 is 2.00 bits per heavy atom. The van der Waals surface area contributed by atoms with Gasteiger partial charge in [-0.2, -0.15) is 0 Å². The Morgan fingerprint density at radius 3 is 2.79 bits per heavy atom. The standard InChI is InChI=1S/C14H13N3OS/c15-7-8-5-9(16)1-3-11(8)14-17-12-4-2-10(18)6-13(12)19-14/h1-6,18H,7,15-16H2. The van der Waals surface area contributed by atoms with Crippen LogP contribution in [0, 0.1) is 0 Å². The summed E-state index contributed by atoms with van der Waals surface area (Å²) in [5, 5.41) is 10.4. The van der Waals surface area contributed by atoms with Crippen molar-refractivity contribution >= 4 is 27.2 Å². The van der Waals surface area contributed by atoms with Gasteiger partial charge >= 0.3 is 0 Å². The lowest BCUT2D eigenvalue weighted by molar-refractivity contribution is 0.476. The van der Waals surface area contributed by atoms with E-state index in [-0.39, 0.29) is 5.75 Å². The van der Waals surface area contributed by atoms with Crippen LogP contribution in [0.15, 0.2) is 36.4 Å². The molecule has 4 nitrogen and oxygen atoms in total. The first-order valence-corrected chi connectivity index (χ1v) is 6.67. The minimum atomic E-state index is 0.249. The molecule has 0 aliphatic rings. The fourth-order valence-electron chi connectivity index (χ4n) is 2.02. The van der Waals surface area contributed by atoms with Crippen LogP contribution in [0.3, 0.4) is 0 Å². The van der Waals surface area contributed by atoms with Gasteiger partial charge in [-0.25, -0.2) is 4.98 Å². The highest BCUT2D eigenvalue weighted by Gasteiger charge is 2.10. The summed E-state index contributed by atoms with van der Waals surface area (Å²) < 4.78 is 0.954. The summed E-state index contributed by atoms with van der Waals surface area (Å²) in [4.78, 5) is 4.57. The normalized spacial score (nSPS) is 11.0. The maximum atomic E-state index is 9.49. The molecule has 1 aromatic heterocycles. The summed E-state index contributed by atoms with van der Waals surface area (Å²) in [5.74, 6) is 0.249. The topological polar surface area (TPSA) is 85.2 Å². The molecule has 0 saturated carbocycles. The SMILES string of the molecule is NCc1cc(N)ccc1-c1nc2ccc(O)cc2s1. The van der Waals surface area contributed by atoms with Gasteiger partial charge in [-0.3, -0.25) is 0 Å². The summed E-state index contributed by atoms with van der Waals surface area (Å²) in [6.45, 7) is 0.418. The molecule has 3 aromatic rings. The zero-order chi connectivity index (χ0) is 13.4. The molecular formula is C14H13N3OS. The van der Waals surface area contributed by atoms with E-state index in [4.69, 9.17) is 11.5 Å². The minimum absolute atomic E-state index is 0.249. The van der Waals surface area contributed by atoms with Crippen LogP contribution < -0.4 is 11.5 Å². The molecule has 5 N–H and O–H groups in total. The summed E-state index contributed by atoms with van der Waals surface area (Å²) in [6.07, 6.45) is 0. The molecule has 19 heavy (non-hydrogen) atoms. The summed E-state index contributed by atoms with van der Waals surface area (Å²) >= 11 is 1.53. The molecule has 0 aliphatic carbocycles. The van der Waals surface area contributed by atoms with Gasteiger partial charge in [0.1, 0.15) is 10.8 Å². The van der Waals surface area contributed by atoms with Crippen molar-refractivity contribution in [2.75, 3.05) is 5.73 Å². The van der Waals surface area contributed by atoms with Crippen molar-refractivity contribution in [3.63, 3.8) is 0 Å². The highest BCUT2D eigenvalue weighted by Crippen LogP contribution is 2.34. The molecule has 0 atom stereocenters. The molecule has 0 saturated heterocycles. The molecule has 0 unspecified atom stereocenters. The molecular weight excluding hydrogens is 258 g/mol. The van der Waals surface area contributed by atoms with Gasteiger partial charge in [0.25, 0.3) is 0 Å². The van der Waals surface area contributed by atoms with E-state index in [1.54, 1.807) is 12.1 Å². The van der Waals surface area contributed by atoms with Crippen LogP contribution >= 0.6 is 11.3 Å². The van der Waals surface area contributed by atoms with Gasteiger partial charge in [-0.05, 0) is 42.0 Å². The molecule has 3 rings (SSSR count). The number of nitrogens with zero attached hydrogens (tertiary/aromatic N) is 1. The predicted molar refractivity (Wildman–Crippen MR) is 79.0 cm³/mol. The molecule has 0 amide bonds. The van der Waals surface area contributed by atoms with Gasteiger partial charge in [0.15, 0.2) is 0 Å². The van der Waals surface area contributed by atoms with Crippen LogP contribution in [0.2, 0.25) is 0 Å². The number of anilines is 1. The second-order valence-corrected chi connectivity index (χ2v) is 5.32. The van der Waals surface area contributed by atoms with Crippen LogP contribution in [0.4, 0.5) is 5.69 Å². The Kier molecular flexibility index (Phi) is 2.85. The van der Waals surface area contributed by atoms with Crippen molar-refractivity contribution in [2.24, 2.45) is 5.73 Å². The second-order valence-electron chi connectivity index (χ2n) is 4.29. The molecule has 5 heteroatoms. The number of hydrogen-bond donors (Lipinski definition) is 3. The van der Waals surface area contributed by atoms with Crippen molar-refractivity contribution in [1.29, 1.82) is 0 Å². The predicted octanol–water partition coefficient (Wildman–Crippen LogP) is 2.71. The van der Waals surface area contributed by atoms with Crippen molar-refractivity contribution in [1.82, 2.24) is 4.98 Å². The first-order chi connectivity index (χ1) is 9.17. The first-order valence-electron chi connectivity index (χ1n) is 5.86. The van der Waals surface area contributed by atoms with E-state index in [9.17, 15) is 5.11 Å². The average molecular weight is 271 g/mol. The maximum Gasteiger partial charge on any atom is 0.124 e. The molecule has 0 fully saturated rings. The van der Waals surface area contributed by atoms with E-state index >= 15 is 0 Å². The third-order valence-electron chi connectivity index (χ3n) is 2.95. The Bertz CT molecular complexity index is 752. The quantitative estimate of drug-likeness (QED) is 0.626. The molecule has 0 spiro atoms. The zero-order valence-corrected chi connectivity index (χ0v) is 10.9. The fraction of sp³-hybridized carbons (Fsp3) is 0.0714. The van der Waals surface area contributed by atoms with E-state index in [0.717, 1.165) is 26.4 Å². The van der Waals surface area contributed by atoms with Gasteiger partial charge in [0.2, 0.25) is 0 Å². The zero-order valence-electron chi connectivity index (χ0n) is 10.1. The van der Waals surface area contributed by atoms with E-state index in [1.165, 1.54) is 11.3 Å². The van der Waals surface area contributed by atoms with E-state index in [2.05, 4.69) is 4.98 Å². The van der Waals surface area contributed by atoms with Gasteiger partial charge in [-0.1, -0.05) is 0 Å². The van der Waals surface area contributed by atoms with Crippen molar-refractivity contribution in [3.8, 4) is 16.3 Å². The first kappa shape index (κ1) is 12.0. The van der Waals surface area contributed by atoms with E-state index in [1.807, 2.05) is 24.3 Å². The summed E-state index contributed by atoms with van der Waals surface area (Å²) in [6, 6.07) is 10.8. The van der Waals surface area contributed by atoms with Gasteiger partial charge in [0, 0.05) is 17.8 Å². The number of fused-ring (bicyclic) bond motifs is 1. The van der Waals surface area contributed by atoms with Crippen LogP contribution in [-0.2, 0) is 6.54 Å². The number of hydrogen-bond acceptors (Lipinski definition) is 5. The van der Waals surface area contributed by atoms with Gasteiger partial charge in [-0.15, -0.1) is 11.3 Å².